The molecule has 2 aromatic rings. The normalized spacial score (nSPS) is 13.8. The van der Waals surface area contributed by atoms with Crippen molar-refractivity contribution in [2.75, 3.05) is 18.1 Å². The van der Waals surface area contributed by atoms with E-state index >= 15 is 0 Å². The first kappa shape index (κ1) is 21.7. The summed E-state index contributed by atoms with van der Waals surface area (Å²) >= 11 is 0. The highest BCUT2D eigenvalue weighted by Gasteiger charge is 2.34. The number of aromatic nitrogens is 1. The van der Waals surface area contributed by atoms with Crippen LogP contribution in [0.5, 0.6) is 0 Å². The van der Waals surface area contributed by atoms with Crippen molar-refractivity contribution in [3.05, 3.63) is 58.9 Å². The molecule has 0 radical (unpaired) electrons. The van der Waals surface area contributed by atoms with Gasteiger partial charge in [-0.1, -0.05) is 0 Å². The predicted octanol–water partition coefficient (Wildman–Crippen LogP) is 1.61. The molecule has 7 nitrogen and oxygen atoms in total. The number of nitrogens with zero attached hydrogens (tertiary/aromatic N) is 1. The number of carbonyl (C=O) groups is 1. The molecule has 0 aliphatic carbocycles. The predicted molar refractivity (Wildman–Crippen MR) is 92.9 cm³/mol. The fraction of sp³-hybridized carbons (Fsp3) is 0.250. The number of amides is 1. The second kappa shape index (κ2) is 7.81. The van der Waals surface area contributed by atoms with Crippen molar-refractivity contribution >= 4 is 21.6 Å². The van der Waals surface area contributed by atoms with Gasteiger partial charge in [-0.15, -0.1) is 0 Å². The number of halogens is 4. The molecule has 2 rings (SSSR count). The van der Waals surface area contributed by atoms with Crippen molar-refractivity contribution in [3.63, 3.8) is 0 Å². The van der Waals surface area contributed by atoms with Gasteiger partial charge in [0.25, 0.3) is 5.91 Å². The van der Waals surface area contributed by atoms with Crippen LogP contribution in [-0.4, -0.2) is 32.1 Å². The van der Waals surface area contributed by atoms with E-state index in [0.29, 0.717) is 12.3 Å². The molecule has 12 heteroatoms. The smallest absolute Gasteiger partial charge is 0.277 e. The average molecular weight is 420 g/mol. The molecule has 0 unspecified atom stereocenters. The highest BCUT2D eigenvalue weighted by atomic mass is 32.2. The fourth-order valence-electron chi connectivity index (χ4n) is 2.47. The molecule has 0 fully saturated rings. The Labute approximate surface area is 158 Å². The lowest BCUT2D eigenvalue weighted by Crippen LogP contribution is -2.44. The summed E-state index contributed by atoms with van der Waals surface area (Å²) in [5.74, 6) is -6.87. The first-order valence-corrected chi connectivity index (χ1v) is 9.34. The van der Waals surface area contributed by atoms with Crippen LogP contribution in [0.3, 0.4) is 0 Å². The maximum absolute atomic E-state index is 14.8. The Kier molecular flexibility index (Phi) is 6.06. The van der Waals surface area contributed by atoms with Gasteiger partial charge in [0, 0.05) is 11.6 Å². The second-order valence-corrected chi connectivity index (χ2v) is 8.03. The van der Waals surface area contributed by atoms with E-state index in [9.17, 15) is 30.8 Å². The Morgan fingerprint density at radius 2 is 1.86 bits per heavy atom. The molecule has 0 saturated carbocycles. The van der Waals surface area contributed by atoms with Crippen molar-refractivity contribution in [3.8, 4) is 0 Å². The maximum Gasteiger partial charge on any atom is 0.277 e. The molecular weight excluding hydrogens is 404 g/mol. The minimum absolute atomic E-state index is 0.411. The lowest BCUT2D eigenvalue weighted by molar-refractivity contribution is 0.101. The molecule has 1 heterocycles. The van der Waals surface area contributed by atoms with Gasteiger partial charge >= 0.3 is 0 Å². The van der Waals surface area contributed by atoms with Crippen LogP contribution < -0.4 is 15.8 Å². The molecule has 1 aromatic carbocycles. The minimum Gasteiger partial charge on any atom is -0.321 e. The zero-order valence-electron chi connectivity index (χ0n) is 14.7. The van der Waals surface area contributed by atoms with Gasteiger partial charge in [0.1, 0.15) is 11.6 Å². The molecule has 0 spiro atoms. The number of hydrogen-bond donors (Lipinski definition) is 3. The lowest BCUT2D eigenvalue weighted by atomic mass is 9.93. The second-order valence-electron chi connectivity index (χ2n) is 6.10. The van der Waals surface area contributed by atoms with E-state index in [0.717, 1.165) is 26.1 Å². The molecule has 152 valence electrons. The number of nitrogens with one attached hydrogen (secondary N) is 2. The molecule has 0 saturated heterocycles. The molecule has 0 aliphatic heterocycles. The van der Waals surface area contributed by atoms with Gasteiger partial charge in [-0.3, -0.25) is 4.79 Å². The Morgan fingerprint density at radius 3 is 2.43 bits per heavy atom. The Morgan fingerprint density at radius 1 is 1.21 bits per heavy atom. The van der Waals surface area contributed by atoms with Gasteiger partial charge in [-0.05, 0) is 26.1 Å². The van der Waals surface area contributed by atoms with Crippen molar-refractivity contribution in [2.45, 2.75) is 12.5 Å². The molecule has 28 heavy (non-hydrogen) atoms. The van der Waals surface area contributed by atoms with Crippen LogP contribution in [0.15, 0.2) is 24.4 Å². The van der Waals surface area contributed by atoms with Gasteiger partial charge in [0.05, 0.1) is 23.2 Å². The first-order valence-electron chi connectivity index (χ1n) is 7.69. The minimum atomic E-state index is -3.94. The monoisotopic (exact) mass is 420 g/mol. The molecule has 1 aromatic heterocycles. The summed E-state index contributed by atoms with van der Waals surface area (Å²) in [4.78, 5) is 15.4. The number of carbonyl (C=O) groups excluding carboxylic acids is 1. The van der Waals surface area contributed by atoms with E-state index in [1.54, 1.807) is 0 Å². The number of hydrogen-bond acceptors (Lipinski definition) is 5. The third-order valence-electron chi connectivity index (χ3n) is 3.73. The van der Waals surface area contributed by atoms with Crippen LogP contribution in [0.25, 0.3) is 0 Å². The van der Waals surface area contributed by atoms with Crippen LogP contribution in [0.1, 0.15) is 23.0 Å². The van der Waals surface area contributed by atoms with E-state index in [-0.39, 0.29) is 0 Å². The highest BCUT2D eigenvalue weighted by molar-refractivity contribution is 7.89. The number of nitrogens with two attached hydrogens (primary N) is 1. The van der Waals surface area contributed by atoms with E-state index in [1.165, 1.54) is 0 Å². The van der Waals surface area contributed by atoms with Gasteiger partial charge in [-0.25, -0.2) is 35.7 Å². The van der Waals surface area contributed by atoms with Gasteiger partial charge in [0.15, 0.2) is 17.3 Å². The number of benzene rings is 1. The van der Waals surface area contributed by atoms with Gasteiger partial charge in [0.2, 0.25) is 10.0 Å². The summed E-state index contributed by atoms with van der Waals surface area (Å²) in [6.07, 6.45) is 0.587. The van der Waals surface area contributed by atoms with E-state index in [1.807, 2.05) is 10.0 Å². The molecule has 4 N–H and O–H groups in total. The highest BCUT2D eigenvalue weighted by Crippen LogP contribution is 2.30. The number of pyridine rings is 1. The average Bonchev–Trinajstić information content (AvgIpc) is 2.56. The van der Waals surface area contributed by atoms with Crippen molar-refractivity contribution in [1.29, 1.82) is 0 Å². The molecule has 0 bridgehead atoms. The Bertz CT molecular complexity index is 1030. The van der Waals surface area contributed by atoms with E-state index in [2.05, 4.69) is 4.98 Å². The molecule has 1 amide bonds. The van der Waals surface area contributed by atoms with Crippen LogP contribution in [0, 0.1) is 23.3 Å². The lowest BCUT2D eigenvalue weighted by Gasteiger charge is -2.26. The zero-order valence-corrected chi connectivity index (χ0v) is 15.5. The summed E-state index contributed by atoms with van der Waals surface area (Å²) < 4.78 is 81.0. The summed E-state index contributed by atoms with van der Waals surface area (Å²) in [5, 5.41) is 1.98. The van der Waals surface area contributed by atoms with E-state index in [4.69, 9.17) is 5.73 Å². The summed E-state index contributed by atoms with van der Waals surface area (Å²) in [5.41, 5.74) is 1.62. The van der Waals surface area contributed by atoms with Crippen molar-refractivity contribution in [1.82, 2.24) is 9.71 Å². The van der Waals surface area contributed by atoms with Gasteiger partial charge < -0.3 is 11.1 Å². The summed E-state index contributed by atoms with van der Waals surface area (Å²) in [7, 11) is -2.83. The number of anilines is 1. The topological polar surface area (TPSA) is 114 Å². The zero-order chi connectivity index (χ0) is 21.3. The first-order chi connectivity index (χ1) is 12.9. The summed E-state index contributed by atoms with van der Waals surface area (Å²) in [6.45, 7) is 1.09. The van der Waals surface area contributed by atoms with Crippen LogP contribution in [0.2, 0.25) is 0 Å². The standard InChI is InChI=1S/C16H16F4N4O3S/c1-16(21,7-28(26,27)22-2)12-9(18)3-4-11(13(12)20)24-15(25)14-10(19)5-8(17)6-23-14/h3-6,22H,7,21H2,1-2H3,(H,24,25)/t16-/m0/s1. The molecule has 1 atom stereocenters. The quantitative estimate of drug-likeness (QED) is 0.615. The molecule has 0 aliphatic rings. The van der Waals surface area contributed by atoms with E-state index < -0.39 is 67.4 Å². The third-order valence-corrected chi connectivity index (χ3v) is 5.34. The largest absolute Gasteiger partial charge is 0.321 e. The molecular formula is C16H16F4N4O3S. The van der Waals surface area contributed by atoms with Gasteiger partial charge in [-0.2, -0.15) is 0 Å². The number of sulfonamides is 1. The van der Waals surface area contributed by atoms with Crippen LogP contribution in [-0.2, 0) is 15.6 Å². The number of rotatable bonds is 6. The van der Waals surface area contributed by atoms with Crippen molar-refractivity contribution < 1.29 is 30.8 Å². The third kappa shape index (κ3) is 4.64. The SMILES string of the molecule is CNS(=O)(=O)C[C@](C)(N)c1c(F)ccc(NC(=O)c2ncc(F)cc2F)c1F. The Balaban J connectivity index is 2.43. The maximum atomic E-state index is 14.8. The van der Waals surface area contributed by atoms with Crippen LogP contribution in [0.4, 0.5) is 23.2 Å². The Hall–Kier alpha value is -2.57. The fourth-order valence-corrected chi connectivity index (χ4v) is 3.55. The van der Waals surface area contributed by atoms with Crippen LogP contribution >= 0.6 is 0 Å². The summed E-state index contributed by atoms with van der Waals surface area (Å²) in [6, 6.07) is 2.02. The van der Waals surface area contributed by atoms with Crippen molar-refractivity contribution in [2.24, 2.45) is 5.73 Å².